The van der Waals surface area contributed by atoms with Crippen molar-refractivity contribution in [2.75, 3.05) is 19.0 Å². The molecule has 2 aromatic heterocycles. The Morgan fingerprint density at radius 2 is 1.88 bits per heavy atom. The number of nitro benzene ring substituents is 1. The highest BCUT2D eigenvalue weighted by atomic mass is 16.6. The quantitative estimate of drug-likeness (QED) is 0.194. The second-order valence-corrected chi connectivity index (χ2v) is 7.34. The van der Waals surface area contributed by atoms with Gasteiger partial charge in [-0.2, -0.15) is 14.5 Å². The zero-order valence-electron chi connectivity index (χ0n) is 18.5. The number of pyridine rings is 1. The number of ether oxygens (including phenoxy) is 1. The summed E-state index contributed by atoms with van der Waals surface area (Å²) in [6.45, 7) is 2.30. The highest BCUT2D eigenvalue weighted by Crippen LogP contribution is 2.29. The summed E-state index contributed by atoms with van der Waals surface area (Å²) in [6.07, 6.45) is 2.68. The monoisotopic (exact) mass is 459 g/mol. The average Bonchev–Trinajstić information content (AvgIpc) is 2.85. The molecular formula is C24H21N5O5. The lowest BCUT2D eigenvalue weighted by Crippen LogP contribution is -2.26. The van der Waals surface area contributed by atoms with Crippen LogP contribution in [0.3, 0.4) is 0 Å². The van der Waals surface area contributed by atoms with E-state index in [0.717, 1.165) is 4.68 Å². The van der Waals surface area contributed by atoms with E-state index in [-0.39, 0.29) is 17.1 Å². The van der Waals surface area contributed by atoms with E-state index in [2.05, 4.69) is 10.4 Å². The van der Waals surface area contributed by atoms with Crippen LogP contribution in [0.2, 0.25) is 0 Å². The van der Waals surface area contributed by atoms with Crippen molar-refractivity contribution < 1.29 is 14.4 Å². The van der Waals surface area contributed by atoms with Gasteiger partial charge in [-0.05, 0) is 48.9 Å². The summed E-state index contributed by atoms with van der Waals surface area (Å²) in [7, 11) is 1.54. The van der Waals surface area contributed by atoms with Crippen LogP contribution in [0.25, 0.3) is 28.1 Å². The molecule has 0 bridgehead atoms. The highest BCUT2D eigenvalue weighted by Gasteiger charge is 2.21. The van der Waals surface area contributed by atoms with E-state index < -0.39 is 10.5 Å². The fraction of sp³-hybridized carbons (Fsp3) is 0.125. The first-order valence-electron chi connectivity index (χ1n) is 10.4. The third-order valence-electron chi connectivity index (χ3n) is 5.15. The van der Waals surface area contributed by atoms with Crippen molar-refractivity contribution >= 4 is 11.4 Å². The Balaban J connectivity index is 1.98. The van der Waals surface area contributed by atoms with Gasteiger partial charge in [0.05, 0.1) is 17.7 Å². The fourth-order valence-electron chi connectivity index (χ4n) is 3.55. The lowest BCUT2D eigenvalue weighted by atomic mass is 10.1. The van der Waals surface area contributed by atoms with Crippen LogP contribution >= 0.6 is 0 Å². The molecule has 2 heterocycles. The number of nitrogens with one attached hydrogen (secondary N) is 1. The molecule has 0 amide bonds. The Bertz CT molecular complexity index is 1430. The maximum Gasteiger partial charge on any atom is 0.295 e. The third-order valence-corrected chi connectivity index (χ3v) is 5.15. The fourth-order valence-corrected chi connectivity index (χ4v) is 3.55. The standard InChI is InChI=1S/C24H21N5O5/c1-3-25-21-14-20(17-6-4-8-19(12-17)34-2)26-28(24(21)30)23-13-16(9-10-22(23)29(32)33)18-7-5-11-27(31)15-18/h4-15,25H,3H2,1-2H3. The van der Waals surface area contributed by atoms with Crippen molar-refractivity contribution in [1.29, 1.82) is 0 Å². The van der Waals surface area contributed by atoms with Crippen LogP contribution in [0.1, 0.15) is 6.92 Å². The summed E-state index contributed by atoms with van der Waals surface area (Å²) < 4.78 is 6.94. The number of nitrogens with zero attached hydrogens (tertiary/aromatic N) is 4. The minimum absolute atomic E-state index is 0.0160. The van der Waals surface area contributed by atoms with Gasteiger partial charge in [-0.15, -0.1) is 0 Å². The molecule has 0 saturated carbocycles. The molecule has 34 heavy (non-hydrogen) atoms. The smallest absolute Gasteiger partial charge is 0.295 e. The molecule has 4 aromatic rings. The summed E-state index contributed by atoms with van der Waals surface area (Å²) in [5, 5.41) is 31.0. The van der Waals surface area contributed by atoms with E-state index in [4.69, 9.17) is 4.74 Å². The lowest BCUT2D eigenvalue weighted by Gasteiger charge is -2.13. The summed E-state index contributed by atoms with van der Waals surface area (Å²) in [5.74, 6) is 0.602. The summed E-state index contributed by atoms with van der Waals surface area (Å²) in [4.78, 5) is 24.5. The van der Waals surface area contributed by atoms with E-state index in [1.807, 2.05) is 6.92 Å². The minimum atomic E-state index is -0.572. The van der Waals surface area contributed by atoms with Crippen molar-refractivity contribution in [2.45, 2.75) is 6.92 Å². The second-order valence-electron chi connectivity index (χ2n) is 7.34. The molecule has 0 aliphatic heterocycles. The van der Waals surface area contributed by atoms with Gasteiger partial charge in [-0.1, -0.05) is 12.1 Å². The number of rotatable bonds is 7. The van der Waals surface area contributed by atoms with Crippen LogP contribution in [0, 0.1) is 15.3 Å². The topological polar surface area (TPSA) is 126 Å². The first-order valence-corrected chi connectivity index (χ1v) is 10.4. The van der Waals surface area contributed by atoms with Gasteiger partial charge in [0, 0.05) is 29.8 Å². The zero-order valence-corrected chi connectivity index (χ0v) is 18.5. The predicted molar refractivity (Wildman–Crippen MR) is 127 cm³/mol. The number of aromatic nitrogens is 3. The van der Waals surface area contributed by atoms with Crippen molar-refractivity contribution in [2.24, 2.45) is 0 Å². The SMILES string of the molecule is CCNc1cc(-c2cccc(OC)c2)nn(-c2cc(-c3ccc[n+]([O-])c3)ccc2[N+](=O)[O-])c1=O. The predicted octanol–water partition coefficient (Wildman–Crippen LogP) is 3.55. The molecular weight excluding hydrogens is 438 g/mol. The Morgan fingerprint density at radius 1 is 1.09 bits per heavy atom. The number of nitro groups is 1. The normalized spacial score (nSPS) is 10.6. The molecule has 0 fully saturated rings. The van der Waals surface area contributed by atoms with Crippen LogP contribution in [0.15, 0.2) is 77.9 Å². The van der Waals surface area contributed by atoms with Crippen molar-refractivity contribution in [3.05, 3.63) is 98.7 Å². The summed E-state index contributed by atoms with van der Waals surface area (Å²) in [5.41, 5.74) is 1.54. The molecule has 172 valence electrons. The van der Waals surface area contributed by atoms with Gasteiger partial charge in [0.1, 0.15) is 17.1 Å². The number of benzene rings is 2. The molecule has 0 aliphatic carbocycles. The van der Waals surface area contributed by atoms with Crippen LogP contribution in [-0.4, -0.2) is 28.4 Å². The molecule has 10 nitrogen and oxygen atoms in total. The molecule has 0 unspecified atom stereocenters. The molecule has 0 saturated heterocycles. The van der Waals surface area contributed by atoms with Gasteiger partial charge in [0.25, 0.3) is 11.2 Å². The molecule has 1 N–H and O–H groups in total. The van der Waals surface area contributed by atoms with Gasteiger partial charge in [-0.3, -0.25) is 14.9 Å². The van der Waals surface area contributed by atoms with Crippen molar-refractivity contribution in [3.8, 4) is 33.8 Å². The molecule has 0 radical (unpaired) electrons. The molecule has 2 aromatic carbocycles. The number of hydrogen-bond donors (Lipinski definition) is 1. The van der Waals surface area contributed by atoms with Gasteiger partial charge >= 0.3 is 0 Å². The molecule has 10 heteroatoms. The average molecular weight is 459 g/mol. The largest absolute Gasteiger partial charge is 0.619 e. The first kappa shape index (κ1) is 22.5. The number of hydrogen-bond acceptors (Lipinski definition) is 7. The maximum absolute atomic E-state index is 13.3. The number of methoxy groups -OCH3 is 1. The number of anilines is 1. The van der Waals surface area contributed by atoms with E-state index in [0.29, 0.717) is 39.4 Å². The molecule has 0 spiro atoms. The van der Waals surface area contributed by atoms with Gasteiger partial charge < -0.3 is 15.3 Å². The lowest BCUT2D eigenvalue weighted by molar-refractivity contribution is -0.604. The molecule has 4 rings (SSSR count). The van der Waals surface area contributed by atoms with Gasteiger partial charge in [0.2, 0.25) is 0 Å². The third kappa shape index (κ3) is 4.42. The van der Waals surface area contributed by atoms with Gasteiger partial charge in [-0.25, -0.2) is 0 Å². The van der Waals surface area contributed by atoms with Crippen molar-refractivity contribution in [3.63, 3.8) is 0 Å². The Labute approximate surface area is 194 Å². The van der Waals surface area contributed by atoms with Crippen molar-refractivity contribution in [1.82, 2.24) is 9.78 Å². The molecule has 0 aliphatic rings. The van der Waals surface area contributed by atoms with Crippen LogP contribution in [-0.2, 0) is 0 Å². The van der Waals surface area contributed by atoms with Crippen LogP contribution < -0.4 is 20.3 Å². The summed E-state index contributed by atoms with van der Waals surface area (Å²) in [6, 6.07) is 16.3. The minimum Gasteiger partial charge on any atom is -0.619 e. The Hall–Kier alpha value is -4.73. The molecule has 0 atom stereocenters. The van der Waals surface area contributed by atoms with Crippen LogP contribution in [0.5, 0.6) is 5.75 Å². The zero-order chi connectivity index (χ0) is 24.2. The van der Waals surface area contributed by atoms with E-state index in [1.54, 1.807) is 49.6 Å². The second kappa shape index (κ2) is 9.41. The summed E-state index contributed by atoms with van der Waals surface area (Å²) >= 11 is 0. The Morgan fingerprint density at radius 3 is 2.59 bits per heavy atom. The van der Waals surface area contributed by atoms with E-state index in [1.165, 1.54) is 30.6 Å². The Kier molecular flexibility index (Phi) is 6.22. The van der Waals surface area contributed by atoms with Crippen LogP contribution in [0.4, 0.5) is 11.4 Å². The van der Waals surface area contributed by atoms with E-state index in [9.17, 15) is 20.1 Å². The maximum atomic E-state index is 13.3. The van der Waals surface area contributed by atoms with E-state index >= 15 is 0 Å². The van der Waals surface area contributed by atoms with Gasteiger partial charge in [0.15, 0.2) is 12.4 Å². The highest BCUT2D eigenvalue weighted by molar-refractivity contribution is 5.70. The first-order chi connectivity index (χ1) is 16.4.